The van der Waals surface area contributed by atoms with Crippen molar-refractivity contribution in [3.8, 4) is 0 Å². The standard InChI is InChI=1S/C16H13N3O5S/c20-15(11-4-6-13(7-5-11)18(21)22)17-8-9-25-16(17)12-2-1-3-14(10-12)19(23)24/h1-7,10,16H,8-9H2. The van der Waals surface area contributed by atoms with Gasteiger partial charge in [0.05, 0.1) is 9.85 Å². The zero-order valence-electron chi connectivity index (χ0n) is 12.9. The molecule has 0 N–H and O–H groups in total. The molecule has 128 valence electrons. The molecule has 25 heavy (non-hydrogen) atoms. The van der Waals surface area contributed by atoms with Gasteiger partial charge in [0.1, 0.15) is 5.37 Å². The van der Waals surface area contributed by atoms with Crippen LogP contribution in [0.4, 0.5) is 11.4 Å². The molecule has 0 aliphatic carbocycles. The molecule has 0 spiro atoms. The van der Waals surface area contributed by atoms with Gasteiger partial charge in [-0.1, -0.05) is 12.1 Å². The number of nitro groups is 2. The number of hydrogen-bond acceptors (Lipinski definition) is 6. The van der Waals surface area contributed by atoms with E-state index in [0.29, 0.717) is 23.4 Å². The summed E-state index contributed by atoms with van der Waals surface area (Å²) in [5.74, 6) is 0.461. The molecule has 0 bridgehead atoms. The van der Waals surface area contributed by atoms with Crippen molar-refractivity contribution in [1.82, 2.24) is 4.90 Å². The summed E-state index contributed by atoms with van der Waals surface area (Å²) in [7, 11) is 0. The summed E-state index contributed by atoms with van der Waals surface area (Å²) in [6.07, 6.45) is 0. The minimum Gasteiger partial charge on any atom is -0.322 e. The number of benzene rings is 2. The van der Waals surface area contributed by atoms with Gasteiger partial charge in [-0.2, -0.15) is 0 Å². The number of thioether (sulfide) groups is 1. The maximum absolute atomic E-state index is 12.7. The highest BCUT2D eigenvalue weighted by atomic mass is 32.2. The second-order valence-electron chi connectivity index (χ2n) is 5.38. The quantitative estimate of drug-likeness (QED) is 0.612. The predicted molar refractivity (Wildman–Crippen MR) is 92.4 cm³/mol. The fourth-order valence-electron chi connectivity index (χ4n) is 2.64. The van der Waals surface area contributed by atoms with Gasteiger partial charge in [0.15, 0.2) is 0 Å². The molecule has 2 aromatic carbocycles. The van der Waals surface area contributed by atoms with E-state index in [-0.39, 0.29) is 22.7 Å². The van der Waals surface area contributed by atoms with Crippen LogP contribution in [0, 0.1) is 20.2 Å². The summed E-state index contributed by atoms with van der Waals surface area (Å²) < 4.78 is 0. The van der Waals surface area contributed by atoms with Gasteiger partial charge < -0.3 is 4.90 Å². The van der Waals surface area contributed by atoms with Gasteiger partial charge in [0, 0.05) is 42.1 Å². The van der Waals surface area contributed by atoms with Crippen molar-refractivity contribution in [1.29, 1.82) is 0 Å². The smallest absolute Gasteiger partial charge is 0.269 e. The van der Waals surface area contributed by atoms with E-state index in [1.165, 1.54) is 48.2 Å². The van der Waals surface area contributed by atoms with Crippen LogP contribution in [0.15, 0.2) is 48.5 Å². The number of hydrogen-bond donors (Lipinski definition) is 0. The zero-order chi connectivity index (χ0) is 18.0. The Morgan fingerprint density at radius 2 is 1.72 bits per heavy atom. The Hall–Kier alpha value is -2.94. The molecular formula is C16H13N3O5S. The summed E-state index contributed by atoms with van der Waals surface area (Å²) in [4.78, 5) is 35.0. The summed E-state index contributed by atoms with van der Waals surface area (Å²) in [5, 5.41) is 21.4. The molecule has 1 heterocycles. The van der Waals surface area contributed by atoms with Crippen molar-refractivity contribution in [3.63, 3.8) is 0 Å². The molecule has 1 saturated heterocycles. The molecule has 9 heteroatoms. The lowest BCUT2D eigenvalue weighted by atomic mass is 10.1. The largest absolute Gasteiger partial charge is 0.322 e. The number of nitrogens with zero attached hydrogens (tertiary/aromatic N) is 3. The van der Waals surface area contributed by atoms with Crippen molar-refractivity contribution >= 4 is 29.0 Å². The SMILES string of the molecule is O=C(c1ccc([N+](=O)[O-])cc1)N1CCSC1c1cccc([N+](=O)[O-])c1. The Bertz CT molecular complexity index is 840. The van der Waals surface area contributed by atoms with E-state index in [1.54, 1.807) is 17.0 Å². The molecule has 1 amide bonds. The van der Waals surface area contributed by atoms with E-state index in [9.17, 15) is 25.0 Å². The number of rotatable bonds is 4. The third kappa shape index (κ3) is 3.45. The van der Waals surface area contributed by atoms with E-state index >= 15 is 0 Å². The summed E-state index contributed by atoms with van der Waals surface area (Å²) in [5.41, 5.74) is 0.936. The molecule has 1 atom stereocenters. The van der Waals surface area contributed by atoms with Crippen LogP contribution in [0.1, 0.15) is 21.3 Å². The van der Waals surface area contributed by atoms with E-state index in [1.807, 2.05) is 0 Å². The highest BCUT2D eigenvalue weighted by molar-refractivity contribution is 7.99. The first-order valence-electron chi connectivity index (χ1n) is 7.39. The second kappa shape index (κ2) is 6.89. The first-order valence-corrected chi connectivity index (χ1v) is 8.43. The lowest BCUT2D eigenvalue weighted by molar-refractivity contribution is -0.385. The Morgan fingerprint density at radius 3 is 2.36 bits per heavy atom. The van der Waals surface area contributed by atoms with Gasteiger partial charge in [-0.25, -0.2) is 0 Å². The Kier molecular flexibility index (Phi) is 4.66. The third-order valence-corrected chi connectivity index (χ3v) is 5.10. The van der Waals surface area contributed by atoms with Gasteiger partial charge >= 0.3 is 0 Å². The van der Waals surface area contributed by atoms with E-state index in [2.05, 4.69) is 0 Å². The molecule has 0 aromatic heterocycles. The predicted octanol–water partition coefficient (Wildman–Crippen LogP) is 3.39. The van der Waals surface area contributed by atoms with E-state index in [0.717, 1.165) is 0 Å². The van der Waals surface area contributed by atoms with Crippen LogP contribution >= 0.6 is 11.8 Å². The maximum atomic E-state index is 12.7. The molecule has 1 fully saturated rings. The number of amides is 1. The molecule has 8 nitrogen and oxygen atoms in total. The van der Waals surface area contributed by atoms with Crippen LogP contribution in [0.3, 0.4) is 0 Å². The van der Waals surface area contributed by atoms with Crippen LogP contribution in [0.2, 0.25) is 0 Å². The fourth-order valence-corrected chi connectivity index (χ4v) is 3.88. The van der Waals surface area contributed by atoms with Gasteiger partial charge in [0.25, 0.3) is 17.3 Å². The topological polar surface area (TPSA) is 107 Å². The van der Waals surface area contributed by atoms with Crippen LogP contribution in [0.25, 0.3) is 0 Å². The van der Waals surface area contributed by atoms with Crippen molar-refractivity contribution in [3.05, 3.63) is 79.9 Å². The third-order valence-electron chi connectivity index (χ3n) is 3.84. The number of carbonyl (C=O) groups excluding carboxylic acids is 1. The first kappa shape index (κ1) is 16.9. The number of carbonyl (C=O) groups is 1. The first-order chi connectivity index (χ1) is 12.0. The molecule has 1 aliphatic heterocycles. The highest BCUT2D eigenvalue weighted by Crippen LogP contribution is 2.39. The van der Waals surface area contributed by atoms with Gasteiger partial charge in [-0.3, -0.25) is 25.0 Å². The Labute approximate surface area is 146 Å². The lowest BCUT2D eigenvalue weighted by Crippen LogP contribution is -2.30. The van der Waals surface area contributed by atoms with E-state index in [4.69, 9.17) is 0 Å². The summed E-state index contributed by atoms with van der Waals surface area (Å²) in [6.45, 7) is 0.508. The van der Waals surface area contributed by atoms with Crippen LogP contribution in [0.5, 0.6) is 0 Å². The van der Waals surface area contributed by atoms with Gasteiger partial charge in [0.2, 0.25) is 0 Å². The molecule has 0 saturated carbocycles. The molecule has 1 aliphatic rings. The van der Waals surface area contributed by atoms with Gasteiger partial charge in [-0.05, 0) is 17.7 Å². The molecule has 3 rings (SSSR count). The normalized spacial score (nSPS) is 16.6. The lowest BCUT2D eigenvalue weighted by Gasteiger charge is -2.24. The molecule has 0 radical (unpaired) electrons. The number of non-ortho nitro benzene ring substituents is 2. The minimum absolute atomic E-state index is 0.0206. The van der Waals surface area contributed by atoms with Crippen molar-refractivity contribution in [2.45, 2.75) is 5.37 Å². The zero-order valence-corrected chi connectivity index (χ0v) is 13.7. The highest BCUT2D eigenvalue weighted by Gasteiger charge is 2.32. The van der Waals surface area contributed by atoms with Gasteiger partial charge in [-0.15, -0.1) is 11.8 Å². The monoisotopic (exact) mass is 359 g/mol. The van der Waals surface area contributed by atoms with Crippen LogP contribution in [-0.4, -0.2) is 33.0 Å². The molecule has 1 unspecified atom stereocenters. The van der Waals surface area contributed by atoms with Crippen LogP contribution < -0.4 is 0 Å². The van der Waals surface area contributed by atoms with E-state index < -0.39 is 9.85 Å². The van der Waals surface area contributed by atoms with Crippen molar-refractivity contribution in [2.75, 3.05) is 12.3 Å². The summed E-state index contributed by atoms with van der Waals surface area (Å²) >= 11 is 1.53. The Balaban J connectivity index is 1.85. The summed E-state index contributed by atoms with van der Waals surface area (Å²) in [6, 6.07) is 11.7. The average molecular weight is 359 g/mol. The van der Waals surface area contributed by atoms with Crippen molar-refractivity contribution in [2.24, 2.45) is 0 Å². The molecular weight excluding hydrogens is 346 g/mol. The van der Waals surface area contributed by atoms with Crippen LogP contribution in [-0.2, 0) is 0 Å². The second-order valence-corrected chi connectivity index (χ2v) is 6.57. The van der Waals surface area contributed by atoms with Crippen molar-refractivity contribution < 1.29 is 14.6 Å². The minimum atomic E-state index is -0.522. The maximum Gasteiger partial charge on any atom is 0.269 e. The fraction of sp³-hybridized carbons (Fsp3) is 0.188. The average Bonchev–Trinajstić information content (AvgIpc) is 3.11. The Morgan fingerprint density at radius 1 is 1.04 bits per heavy atom. The molecule has 2 aromatic rings. The number of nitro benzene ring substituents is 2.